The Kier molecular flexibility index (Phi) is 8.68. The zero-order chi connectivity index (χ0) is 30.0. The third-order valence-electron chi connectivity index (χ3n) is 7.75. The molecule has 0 spiro atoms. The first-order valence-electron chi connectivity index (χ1n) is 13.9. The lowest BCUT2D eigenvalue weighted by Gasteiger charge is -2.21. The average Bonchev–Trinajstić information content (AvgIpc) is 3.22. The van der Waals surface area contributed by atoms with Crippen LogP contribution >= 0.6 is 15.9 Å². The topological polar surface area (TPSA) is 88.9 Å². The number of carbonyl (C=O) groups excluding carboxylic acids is 2. The quantitative estimate of drug-likeness (QED) is 0.219. The number of aromatic nitrogens is 3. The van der Waals surface area contributed by atoms with E-state index in [1.54, 1.807) is 42.8 Å². The number of carbonyl (C=O) groups is 2. The van der Waals surface area contributed by atoms with Crippen LogP contribution in [0, 0.1) is 19.8 Å². The number of alkyl halides is 3. The molecular weight excluding hydrogens is 611 g/mol. The molecule has 2 aromatic carbocycles. The number of rotatable bonds is 7. The van der Waals surface area contributed by atoms with E-state index in [2.05, 4.69) is 36.6 Å². The predicted octanol–water partition coefficient (Wildman–Crippen LogP) is 7.44. The van der Waals surface area contributed by atoms with Gasteiger partial charge in [-0.05, 0) is 74.6 Å². The Hall–Kier alpha value is -3.73. The summed E-state index contributed by atoms with van der Waals surface area (Å²) in [7, 11) is 0. The number of pyridine rings is 1. The molecular formula is C31H31BrF3N5O2. The van der Waals surface area contributed by atoms with Gasteiger partial charge >= 0.3 is 6.18 Å². The van der Waals surface area contributed by atoms with Crippen LogP contribution in [0.3, 0.4) is 0 Å². The van der Waals surface area contributed by atoms with E-state index in [9.17, 15) is 22.8 Å². The molecule has 0 radical (unpaired) electrons. The molecule has 0 bridgehead atoms. The second-order valence-electron chi connectivity index (χ2n) is 10.8. The van der Waals surface area contributed by atoms with E-state index in [4.69, 9.17) is 0 Å². The predicted molar refractivity (Wildman–Crippen MR) is 159 cm³/mol. The van der Waals surface area contributed by atoms with E-state index in [1.807, 2.05) is 12.1 Å². The second-order valence-corrected chi connectivity index (χ2v) is 11.7. The van der Waals surface area contributed by atoms with E-state index in [0.717, 1.165) is 24.5 Å². The molecule has 0 saturated heterocycles. The van der Waals surface area contributed by atoms with Crippen LogP contribution in [0.15, 0.2) is 53.0 Å². The van der Waals surface area contributed by atoms with Crippen molar-refractivity contribution < 1.29 is 22.8 Å². The molecule has 2 amide bonds. The number of anilines is 1. The highest BCUT2D eigenvalue weighted by Crippen LogP contribution is 2.33. The number of fused-ring (bicyclic) bond motifs is 1. The van der Waals surface area contributed by atoms with Gasteiger partial charge in [0.05, 0.1) is 34.7 Å². The van der Waals surface area contributed by atoms with Crippen molar-refractivity contribution in [2.45, 2.75) is 58.7 Å². The highest BCUT2D eigenvalue weighted by atomic mass is 79.9. The van der Waals surface area contributed by atoms with Crippen LogP contribution < -0.4 is 10.6 Å². The van der Waals surface area contributed by atoms with Crippen LogP contribution in [0.25, 0.3) is 10.9 Å². The molecule has 1 fully saturated rings. The summed E-state index contributed by atoms with van der Waals surface area (Å²) >= 11 is 3.32. The molecule has 7 nitrogen and oxygen atoms in total. The van der Waals surface area contributed by atoms with Crippen LogP contribution in [-0.4, -0.2) is 33.1 Å². The molecule has 0 aliphatic heterocycles. The summed E-state index contributed by atoms with van der Waals surface area (Å²) in [4.78, 5) is 29.7. The molecule has 1 aliphatic rings. The fourth-order valence-corrected chi connectivity index (χ4v) is 5.77. The first kappa shape index (κ1) is 29.8. The molecule has 220 valence electrons. The third-order valence-corrected chi connectivity index (χ3v) is 8.24. The van der Waals surface area contributed by atoms with Crippen molar-refractivity contribution in [1.82, 2.24) is 20.1 Å². The minimum atomic E-state index is -4.71. The van der Waals surface area contributed by atoms with E-state index in [1.165, 1.54) is 25.3 Å². The van der Waals surface area contributed by atoms with E-state index >= 15 is 0 Å². The fraction of sp³-hybridized carbons (Fsp3) is 0.355. The summed E-state index contributed by atoms with van der Waals surface area (Å²) < 4.78 is 43.0. The van der Waals surface area contributed by atoms with Gasteiger partial charge in [0.2, 0.25) is 0 Å². The number of benzene rings is 2. The normalized spacial score (nSPS) is 14.2. The van der Waals surface area contributed by atoms with Crippen molar-refractivity contribution >= 4 is 44.3 Å². The van der Waals surface area contributed by atoms with Gasteiger partial charge in [-0.2, -0.15) is 18.3 Å². The Labute approximate surface area is 250 Å². The van der Waals surface area contributed by atoms with E-state index in [0.29, 0.717) is 51.5 Å². The monoisotopic (exact) mass is 641 g/mol. The maximum Gasteiger partial charge on any atom is 0.433 e. The van der Waals surface area contributed by atoms with Crippen LogP contribution in [0.2, 0.25) is 0 Å². The molecule has 0 atom stereocenters. The van der Waals surface area contributed by atoms with Gasteiger partial charge in [-0.15, -0.1) is 0 Å². The number of amides is 2. The lowest BCUT2D eigenvalue weighted by Crippen LogP contribution is -2.30. The first-order chi connectivity index (χ1) is 20.0. The van der Waals surface area contributed by atoms with Crippen LogP contribution in [0.5, 0.6) is 0 Å². The standard InChI is InChI=1S/C31H31BrF3N5O2/c1-18-28(38-30(42)25-15-27(31(33,34)35)37-26-13-12-23(32)14-24(25)26)19(2)40(39-18)17-21-8-10-22(11-9-21)29(41)36-16-20-6-4-3-5-7-20/h8-15,20H,3-7,16-17H2,1-2H3,(H,36,41)(H,38,42). The minimum Gasteiger partial charge on any atom is -0.352 e. The maximum atomic E-state index is 13.5. The van der Waals surface area contributed by atoms with Crippen LogP contribution in [0.4, 0.5) is 18.9 Å². The van der Waals surface area contributed by atoms with Gasteiger partial charge in [-0.3, -0.25) is 14.3 Å². The average molecular weight is 643 g/mol. The Morgan fingerprint density at radius 1 is 1.00 bits per heavy atom. The molecule has 2 heterocycles. The maximum absolute atomic E-state index is 13.5. The first-order valence-corrected chi connectivity index (χ1v) is 14.7. The SMILES string of the molecule is Cc1nn(Cc2ccc(C(=O)NCC3CCCCC3)cc2)c(C)c1NC(=O)c1cc(C(F)(F)F)nc2ccc(Br)cc12. The number of halogens is 4. The Bertz CT molecular complexity index is 1630. The van der Waals surface area contributed by atoms with E-state index in [-0.39, 0.29) is 17.0 Å². The molecule has 0 unspecified atom stereocenters. The van der Waals surface area contributed by atoms with Gasteiger partial charge in [0, 0.05) is 22.0 Å². The van der Waals surface area contributed by atoms with Gasteiger partial charge in [-0.25, -0.2) is 4.98 Å². The summed E-state index contributed by atoms with van der Waals surface area (Å²) in [5.41, 5.74) is 1.87. The Balaban J connectivity index is 1.31. The summed E-state index contributed by atoms with van der Waals surface area (Å²) in [5, 5.41) is 10.7. The van der Waals surface area contributed by atoms with E-state index < -0.39 is 17.8 Å². The summed E-state index contributed by atoms with van der Waals surface area (Å²) in [5.74, 6) is -0.235. The highest BCUT2D eigenvalue weighted by molar-refractivity contribution is 9.10. The molecule has 1 saturated carbocycles. The van der Waals surface area contributed by atoms with Gasteiger partial charge < -0.3 is 10.6 Å². The molecule has 2 N–H and O–H groups in total. The summed E-state index contributed by atoms with van der Waals surface area (Å²) in [6.45, 7) is 4.59. The second kappa shape index (κ2) is 12.2. The van der Waals surface area contributed by atoms with Crippen molar-refractivity contribution in [1.29, 1.82) is 0 Å². The highest BCUT2D eigenvalue weighted by Gasteiger charge is 2.34. The third kappa shape index (κ3) is 6.67. The Morgan fingerprint density at radius 2 is 1.71 bits per heavy atom. The van der Waals surface area contributed by atoms with Crippen LogP contribution in [-0.2, 0) is 12.7 Å². The van der Waals surface area contributed by atoms with Crippen molar-refractivity contribution in [2.75, 3.05) is 11.9 Å². The lowest BCUT2D eigenvalue weighted by atomic mass is 9.89. The van der Waals surface area contributed by atoms with Crippen molar-refractivity contribution in [3.63, 3.8) is 0 Å². The fourth-order valence-electron chi connectivity index (χ4n) is 5.41. The number of aryl methyl sites for hydroxylation is 1. The summed E-state index contributed by atoms with van der Waals surface area (Å²) in [6.07, 6.45) is 1.34. The van der Waals surface area contributed by atoms with Crippen LogP contribution in [0.1, 0.15) is 75.5 Å². The van der Waals surface area contributed by atoms with Crippen molar-refractivity contribution in [3.8, 4) is 0 Å². The zero-order valence-electron chi connectivity index (χ0n) is 23.3. The largest absolute Gasteiger partial charge is 0.433 e. The zero-order valence-corrected chi connectivity index (χ0v) is 24.9. The molecule has 1 aliphatic carbocycles. The molecule has 5 rings (SSSR count). The van der Waals surface area contributed by atoms with Crippen molar-refractivity contribution in [3.05, 3.63) is 86.8 Å². The number of nitrogens with zero attached hydrogens (tertiary/aromatic N) is 3. The Morgan fingerprint density at radius 3 is 2.40 bits per heavy atom. The molecule has 11 heteroatoms. The smallest absolute Gasteiger partial charge is 0.352 e. The number of hydrogen-bond donors (Lipinski definition) is 2. The summed E-state index contributed by atoms with van der Waals surface area (Å²) in [6, 6.07) is 12.6. The molecule has 2 aromatic heterocycles. The molecule has 42 heavy (non-hydrogen) atoms. The van der Waals surface area contributed by atoms with Gasteiger partial charge in [0.25, 0.3) is 11.8 Å². The molecule has 4 aromatic rings. The van der Waals surface area contributed by atoms with Gasteiger partial charge in [0.1, 0.15) is 5.69 Å². The lowest BCUT2D eigenvalue weighted by molar-refractivity contribution is -0.141. The van der Waals surface area contributed by atoms with Gasteiger partial charge in [0.15, 0.2) is 0 Å². The number of nitrogens with one attached hydrogen (secondary N) is 2. The number of hydrogen-bond acceptors (Lipinski definition) is 4. The van der Waals surface area contributed by atoms with Crippen molar-refractivity contribution in [2.24, 2.45) is 5.92 Å². The minimum absolute atomic E-state index is 0.0634. The van der Waals surface area contributed by atoms with Gasteiger partial charge in [-0.1, -0.05) is 47.3 Å².